The molecule has 0 heterocycles. The molecule has 5 nitrogen and oxygen atoms in total. The molecule has 0 rings (SSSR count). The summed E-state index contributed by atoms with van der Waals surface area (Å²) >= 11 is 0. The fraction of sp³-hybridized carbons (Fsp3) is 0.667. The van der Waals surface area contributed by atoms with Crippen LogP contribution in [0.25, 0.3) is 0 Å². The molecule has 0 atom stereocenters. The summed E-state index contributed by atoms with van der Waals surface area (Å²) in [4.78, 5) is 0. The topological polar surface area (TPSA) is 93.2 Å². The van der Waals surface area contributed by atoms with Crippen molar-refractivity contribution < 1.29 is 12.6 Å². The van der Waals surface area contributed by atoms with Crippen molar-refractivity contribution in [2.75, 3.05) is 12.3 Å². The van der Waals surface area contributed by atoms with Gasteiger partial charge in [-0.3, -0.25) is 0 Å². The molecule has 52 valence electrons. The standard InChI is InChI=1S/C3H6N2O3S/c4-1-2-9(6,7)8-3-5/h1-2,4H2. The molecule has 0 saturated carbocycles. The summed E-state index contributed by atoms with van der Waals surface area (Å²) in [6.45, 7) is -0.0377. The second-order valence-electron chi connectivity index (χ2n) is 1.23. The lowest BCUT2D eigenvalue weighted by Crippen LogP contribution is -2.16. The minimum absolute atomic E-state index is 0.0377. The SMILES string of the molecule is N#COS(=O)(=O)CCN. The lowest BCUT2D eigenvalue weighted by molar-refractivity contribution is 0.459. The van der Waals surface area contributed by atoms with Crippen molar-refractivity contribution in [1.29, 1.82) is 5.26 Å². The van der Waals surface area contributed by atoms with Gasteiger partial charge in [0, 0.05) is 6.54 Å². The lowest BCUT2D eigenvalue weighted by atomic mass is 10.8. The first kappa shape index (κ1) is 8.20. The Bertz CT molecular complexity index is 202. The largest absolute Gasteiger partial charge is 0.329 e. The Morgan fingerprint density at radius 3 is 2.56 bits per heavy atom. The van der Waals surface area contributed by atoms with Gasteiger partial charge in [-0.25, -0.2) is 0 Å². The quantitative estimate of drug-likeness (QED) is 0.401. The smallest absolute Gasteiger partial charge is 0.320 e. The average Bonchev–Trinajstić information content (AvgIpc) is 1.64. The van der Waals surface area contributed by atoms with E-state index in [4.69, 9.17) is 11.0 Å². The molecule has 0 amide bonds. The molecule has 0 radical (unpaired) electrons. The Balaban J connectivity index is 3.93. The van der Waals surface area contributed by atoms with Gasteiger partial charge in [0.15, 0.2) is 0 Å². The van der Waals surface area contributed by atoms with Crippen LogP contribution in [0.1, 0.15) is 0 Å². The molecule has 9 heavy (non-hydrogen) atoms. The van der Waals surface area contributed by atoms with Crippen LogP contribution in [0.2, 0.25) is 0 Å². The second-order valence-corrected chi connectivity index (χ2v) is 2.92. The van der Waals surface area contributed by atoms with Crippen LogP contribution in [-0.4, -0.2) is 20.7 Å². The predicted octanol–water partition coefficient (Wildman–Crippen LogP) is -1.23. The van der Waals surface area contributed by atoms with Gasteiger partial charge in [0.1, 0.15) is 0 Å². The summed E-state index contributed by atoms with van der Waals surface area (Å²) in [5, 5.41) is 7.74. The first-order chi connectivity index (χ1) is 4.12. The normalized spacial score (nSPS) is 10.2. The summed E-state index contributed by atoms with van der Waals surface area (Å²) in [7, 11) is -3.67. The van der Waals surface area contributed by atoms with Crippen LogP contribution in [0, 0.1) is 11.5 Å². The van der Waals surface area contributed by atoms with E-state index in [0.29, 0.717) is 0 Å². The Labute approximate surface area is 53.1 Å². The molecular formula is C3H6N2O3S. The molecule has 0 aromatic heterocycles. The van der Waals surface area contributed by atoms with Crippen LogP contribution in [0.4, 0.5) is 0 Å². The fourth-order valence-electron chi connectivity index (χ4n) is 0.243. The van der Waals surface area contributed by atoms with E-state index in [1.807, 2.05) is 0 Å². The molecule has 0 aromatic rings. The Hall–Kier alpha value is -0.800. The van der Waals surface area contributed by atoms with Gasteiger partial charge in [0.25, 0.3) is 0 Å². The molecule has 0 unspecified atom stereocenters. The molecule has 0 spiro atoms. The van der Waals surface area contributed by atoms with E-state index < -0.39 is 10.1 Å². The summed E-state index contributed by atoms with van der Waals surface area (Å²) in [5.41, 5.74) is 4.88. The van der Waals surface area contributed by atoms with E-state index in [0.717, 1.165) is 6.26 Å². The third kappa shape index (κ3) is 3.76. The van der Waals surface area contributed by atoms with Crippen molar-refractivity contribution in [3.63, 3.8) is 0 Å². The maximum absolute atomic E-state index is 10.3. The third-order valence-electron chi connectivity index (χ3n) is 0.532. The molecule has 0 aromatic carbocycles. The van der Waals surface area contributed by atoms with Gasteiger partial charge in [0.2, 0.25) is 0 Å². The second kappa shape index (κ2) is 3.27. The zero-order chi connectivity index (χ0) is 7.33. The van der Waals surface area contributed by atoms with Gasteiger partial charge in [-0.1, -0.05) is 0 Å². The number of hydrogen-bond acceptors (Lipinski definition) is 5. The Morgan fingerprint density at radius 2 is 2.22 bits per heavy atom. The molecule has 0 aliphatic rings. The molecule has 6 heteroatoms. The van der Waals surface area contributed by atoms with E-state index in [-0.39, 0.29) is 12.3 Å². The highest BCUT2D eigenvalue weighted by molar-refractivity contribution is 7.86. The lowest BCUT2D eigenvalue weighted by Gasteiger charge is -1.93. The minimum Gasteiger partial charge on any atom is -0.329 e. The zero-order valence-electron chi connectivity index (χ0n) is 4.57. The fourth-order valence-corrected chi connectivity index (χ4v) is 0.728. The molecule has 0 saturated heterocycles. The molecule has 2 N–H and O–H groups in total. The van der Waals surface area contributed by atoms with Gasteiger partial charge >= 0.3 is 16.4 Å². The molecule has 0 bridgehead atoms. The predicted molar refractivity (Wildman–Crippen MR) is 29.5 cm³/mol. The Kier molecular flexibility index (Phi) is 2.98. The van der Waals surface area contributed by atoms with Crippen LogP contribution in [0.5, 0.6) is 0 Å². The van der Waals surface area contributed by atoms with E-state index in [1.54, 1.807) is 0 Å². The van der Waals surface area contributed by atoms with Crippen LogP contribution in [0.15, 0.2) is 0 Å². The summed E-state index contributed by atoms with van der Waals surface area (Å²) in [6, 6.07) is 0. The minimum atomic E-state index is -3.67. The summed E-state index contributed by atoms with van der Waals surface area (Å²) in [6.07, 6.45) is 1.05. The van der Waals surface area contributed by atoms with E-state index >= 15 is 0 Å². The van der Waals surface area contributed by atoms with Gasteiger partial charge in [-0.2, -0.15) is 8.42 Å². The first-order valence-electron chi connectivity index (χ1n) is 2.12. The molecule has 0 aliphatic carbocycles. The number of hydrogen-bond donors (Lipinski definition) is 1. The van der Waals surface area contributed by atoms with Crippen molar-refractivity contribution in [3.8, 4) is 6.26 Å². The molecule has 0 aliphatic heterocycles. The van der Waals surface area contributed by atoms with Gasteiger partial charge < -0.3 is 9.92 Å². The Morgan fingerprint density at radius 1 is 1.67 bits per heavy atom. The first-order valence-corrected chi connectivity index (χ1v) is 3.70. The maximum Gasteiger partial charge on any atom is 0.320 e. The van der Waals surface area contributed by atoms with E-state index in [2.05, 4.69) is 4.18 Å². The van der Waals surface area contributed by atoms with Crippen molar-refractivity contribution in [2.24, 2.45) is 5.73 Å². The number of nitrogens with two attached hydrogens (primary N) is 1. The highest BCUT2D eigenvalue weighted by Crippen LogP contribution is 1.87. The van der Waals surface area contributed by atoms with Crippen molar-refractivity contribution in [2.45, 2.75) is 0 Å². The van der Waals surface area contributed by atoms with Crippen LogP contribution >= 0.6 is 0 Å². The maximum atomic E-state index is 10.3. The highest BCUT2D eigenvalue weighted by atomic mass is 32.2. The zero-order valence-corrected chi connectivity index (χ0v) is 5.39. The number of rotatable bonds is 3. The third-order valence-corrected chi connectivity index (χ3v) is 1.60. The van der Waals surface area contributed by atoms with Gasteiger partial charge in [-0.15, -0.1) is 5.26 Å². The molecular weight excluding hydrogens is 144 g/mol. The van der Waals surface area contributed by atoms with Crippen molar-refractivity contribution in [1.82, 2.24) is 0 Å². The van der Waals surface area contributed by atoms with Crippen LogP contribution in [0.3, 0.4) is 0 Å². The van der Waals surface area contributed by atoms with Crippen LogP contribution in [-0.2, 0) is 14.3 Å². The summed E-state index contributed by atoms with van der Waals surface area (Å²) < 4.78 is 24.3. The number of nitriles is 1. The average molecular weight is 150 g/mol. The van der Waals surface area contributed by atoms with E-state index in [9.17, 15) is 8.42 Å². The van der Waals surface area contributed by atoms with Crippen molar-refractivity contribution >= 4 is 10.1 Å². The van der Waals surface area contributed by atoms with Gasteiger partial charge in [0.05, 0.1) is 5.75 Å². The van der Waals surface area contributed by atoms with E-state index in [1.165, 1.54) is 0 Å². The van der Waals surface area contributed by atoms with Gasteiger partial charge in [-0.05, 0) is 0 Å². The molecule has 0 fully saturated rings. The van der Waals surface area contributed by atoms with Crippen LogP contribution < -0.4 is 5.73 Å². The number of nitrogens with zero attached hydrogens (tertiary/aromatic N) is 1. The monoisotopic (exact) mass is 150 g/mol. The highest BCUT2D eigenvalue weighted by Gasteiger charge is 2.07. The summed E-state index contributed by atoms with van der Waals surface area (Å²) in [5.74, 6) is -0.319. The van der Waals surface area contributed by atoms with Crippen molar-refractivity contribution in [3.05, 3.63) is 0 Å².